The molecular formula is C11H12N2O3. The van der Waals surface area contributed by atoms with Gasteiger partial charge in [-0.1, -0.05) is 5.16 Å². The predicted octanol–water partition coefficient (Wildman–Crippen LogP) is 1.95. The molecule has 1 aromatic heterocycles. The second-order valence-corrected chi connectivity index (χ2v) is 3.68. The molecule has 0 unspecified atom stereocenters. The van der Waals surface area contributed by atoms with E-state index in [9.17, 15) is 10.2 Å². The molecule has 2 rings (SSSR count). The fraction of sp³-hybridized carbons (Fsp3) is 0.182. The summed E-state index contributed by atoms with van der Waals surface area (Å²) < 4.78 is 4.72. The first kappa shape index (κ1) is 10.4. The van der Waals surface area contributed by atoms with Crippen molar-refractivity contribution < 1.29 is 14.7 Å². The molecule has 2 aromatic rings. The SMILES string of the molecule is Cc1cc(-c2cc(N)on2)c(O)c(O)c1C. The van der Waals surface area contributed by atoms with E-state index < -0.39 is 0 Å². The number of benzene rings is 1. The fourth-order valence-electron chi connectivity index (χ4n) is 1.50. The monoisotopic (exact) mass is 220 g/mol. The molecule has 0 spiro atoms. The van der Waals surface area contributed by atoms with Crippen LogP contribution in [0, 0.1) is 13.8 Å². The quantitative estimate of drug-likeness (QED) is 0.639. The number of nitrogen functional groups attached to an aromatic ring is 1. The summed E-state index contributed by atoms with van der Waals surface area (Å²) in [6.07, 6.45) is 0. The second kappa shape index (κ2) is 3.44. The van der Waals surface area contributed by atoms with Crippen molar-refractivity contribution in [2.75, 3.05) is 5.73 Å². The number of aromatic hydroxyl groups is 2. The van der Waals surface area contributed by atoms with Gasteiger partial charge in [0.15, 0.2) is 11.5 Å². The fourth-order valence-corrected chi connectivity index (χ4v) is 1.50. The van der Waals surface area contributed by atoms with Crippen LogP contribution in [0.3, 0.4) is 0 Å². The number of nitrogens with two attached hydrogens (primary N) is 1. The molecule has 0 fully saturated rings. The molecule has 1 heterocycles. The molecule has 84 valence electrons. The van der Waals surface area contributed by atoms with E-state index in [1.807, 2.05) is 6.92 Å². The molecular weight excluding hydrogens is 208 g/mol. The van der Waals surface area contributed by atoms with Gasteiger partial charge in [0.05, 0.1) is 0 Å². The van der Waals surface area contributed by atoms with Gasteiger partial charge in [-0.3, -0.25) is 0 Å². The minimum atomic E-state index is -0.212. The van der Waals surface area contributed by atoms with E-state index in [1.54, 1.807) is 13.0 Å². The van der Waals surface area contributed by atoms with Crippen molar-refractivity contribution in [3.8, 4) is 22.8 Å². The number of phenols is 2. The van der Waals surface area contributed by atoms with Crippen LogP contribution in [0.1, 0.15) is 11.1 Å². The molecule has 4 N–H and O–H groups in total. The first-order valence-corrected chi connectivity index (χ1v) is 4.75. The third kappa shape index (κ3) is 1.46. The summed E-state index contributed by atoms with van der Waals surface area (Å²) in [5.74, 6) is -0.194. The summed E-state index contributed by atoms with van der Waals surface area (Å²) >= 11 is 0. The molecule has 0 saturated heterocycles. The molecule has 5 heteroatoms. The van der Waals surface area contributed by atoms with Crippen molar-refractivity contribution >= 4 is 5.88 Å². The lowest BCUT2D eigenvalue weighted by molar-refractivity contribution is 0.400. The van der Waals surface area contributed by atoms with Gasteiger partial charge in [0, 0.05) is 11.6 Å². The first-order chi connectivity index (χ1) is 7.50. The Balaban J connectivity index is 2.66. The molecule has 0 atom stereocenters. The zero-order valence-electron chi connectivity index (χ0n) is 8.98. The minimum Gasteiger partial charge on any atom is -0.504 e. The summed E-state index contributed by atoms with van der Waals surface area (Å²) in [7, 11) is 0. The van der Waals surface area contributed by atoms with Crippen LogP contribution in [0.2, 0.25) is 0 Å². The standard InChI is InChI=1S/C11H12N2O3/c1-5-3-7(8-4-9(12)16-13-8)11(15)10(14)6(5)2/h3-4,14-15H,12H2,1-2H3. The lowest BCUT2D eigenvalue weighted by atomic mass is 10.0. The highest BCUT2D eigenvalue weighted by Gasteiger charge is 2.16. The molecule has 1 aromatic carbocycles. The average molecular weight is 220 g/mol. The lowest BCUT2D eigenvalue weighted by Crippen LogP contribution is -1.87. The summed E-state index contributed by atoms with van der Waals surface area (Å²) in [5, 5.41) is 23.2. The van der Waals surface area contributed by atoms with Crippen molar-refractivity contribution in [3.05, 3.63) is 23.3 Å². The maximum absolute atomic E-state index is 9.79. The molecule has 16 heavy (non-hydrogen) atoms. The Hall–Kier alpha value is -2.17. The van der Waals surface area contributed by atoms with Crippen LogP contribution in [-0.4, -0.2) is 15.4 Å². The number of aromatic nitrogens is 1. The largest absolute Gasteiger partial charge is 0.504 e. The van der Waals surface area contributed by atoms with Gasteiger partial charge in [0.1, 0.15) is 5.69 Å². The van der Waals surface area contributed by atoms with E-state index >= 15 is 0 Å². The molecule has 0 radical (unpaired) electrons. The van der Waals surface area contributed by atoms with Crippen molar-refractivity contribution in [1.29, 1.82) is 0 Å². The Morgan fingerprint density at radius 3 is 2.44 bits per heavy atom. The Labute approximate surface area is 92.1 Å². The van der Waals surface area contributed by atoms with Gasteiger partial charge >= 0.3 is 0 Å². The van der Waals surface area contributed by atoms with Crippen LogP contribution in [-0.2, 0) is 0 Å². The zero-order chi connectivity index (χ0) is 11.9. The van der Waals surface area contributed by atoms with Crippen LogP contribution in [0.15, 0.2) is 16.7 Å². The number of hydrogen-bond donors (Lipinski definition) is 3. The van der Waals surface area contributed by atoms with Crippen LogP contribution in [0.4, 0.5) is 5.88 Å². The van der Waals surface area contributed by atoms with Crippen LogP contribution < -0.4 is 5.73 Å². The van der Waals surface area contributed by atoms with E-state index in [0.717, 1.165) is 5.56 Å². The Kier molecular flexibility index (Phi) is 2.23. The predicted molar refractivity (Wildman–Crippen MR) is 59.2 cm³/mol. The van der Waals surface area contributed by atoms with Crippen molar-refractivity contribution in [1.82, 2.24) is 5.16 Å². The molecule has 0 saturated carbocycles. The van der Waals surface area contributed by atoms with Crippen LogP contribution in [0.5, 0.6) is 11.5 Å². The third-order valence-corrected chi connectivity index (χ3v) is 2.59. The van der Waals surface area contributed by atoms with Gasteiger partial charge in [-0.25, -0.2) is 0 Å². The normalized spacial score (nSPS) is 10.6. The summed E-state index contributed by atoms with van der Waals surface area (Å²) in [4.78, 5) is 0. The average Bonchev–Trinajstić information content (AvgIpc) is 2.67. The number of aryl methyl sites for hydroxylation is 1. The summed E-state index contributed by atoms with van der Waals surface area (Å²) in [5.41, 5.74) is 7.69. The highest BCUT2D eigenvalue weighted by atomic mass is 16.5. The Bertz CT molecular complexity index is 546. The maximum Gasteiger partial charge on any atom is 0.222 e. The molecule has 0 amide bonds. The van der Waals surface area contributed by atoms with Gasteiger partial charge in [0.25, 0.3) is 0 Å². The first-order valence-electron chi connectivity index (χ1n) is 4.75. The zero-order valence-corrected chi connectivity index (χ0v) is 8.98. The smallest absolute Gasteiger partial charge is 0.222 e. The Morgan fingerprint density at radius 1 is 1.19 bits per heavy atom. The van der Waals surface area contributed by atoms with Gasteiger partial charge in [-0.05, 0) is 31.0 Å². The number of anilines is 1. The number of phenolic OH excluding ortho intramolecular Hbond substituents is 2. The van der Waals surface area contributed by atoms with Crippen LogP contribution in [0.25, 0.3) is 11.3 Å². The topological polar surface area (TPSA) is 92.5 Å². The van der Waals surface area contributed by atoms with Crippen LogP contribution >= 0.6 is 0 Å². The van der Waals surface area contributed by atoms with Crippen molar-refractivity contribution in [3.63, 3.8) is 0 Å². The molecule has 0 aliphatic carbocycles. The van der Waals surface area contributed by atoms with Gasteiger partial charge in [-0.2, -0.15) is 0 Å². The van der Waals surface area contributed by atoms with E-state index in [2.05, 4.69) is 5.16 Å². The maximum atomic E-state index is 9.79. The second-order valence-electron chi connectivity index (χ2n) is 3.68. The minimum absolute atomic E-state index is 0.142. The number of rotatable bonds is 1. The molecule has 0 aliphatic heterocycles. The highest BCUT2D eigenvalue weighted by Crippen LogP contribution is 2.40. The number of hydrogen-bond acceptors (Lipinski definition) is 5. The van der Waals surface area contributed by atoms with E-state index in [0.29, 0.717) is 16.8 Å². The highest BCUT2D eigenvalue weighted by molar-refractivity contribution is 5.73. The van der Waals surface area contributed by atoms with Gasteiger partial charge in [0.2, 0.25) is 5.88 Å². The van der Waals surface area contributed by atoms with E-state index in [4.69, 9.17) is 10.3 Å². The van der Waals surface area contributed by atoms with E-state index in [1.165, 1.54) is 6.07 Å². The van der Waals surface area contributed by atoms with Crippen molar-refractivity contribution in [2.24, 2.45) is 0 Å². The van der Waals surface area contributed by atoms with Crippen molar-refractivity contribution in [2.45, 2.75) is 13.8 Å². The summed E-state index contributed by atoms with van der Waals surface area (Å²) in [6, 6.07) is 3.21. The molecule has 0 bridgehead atoms. The molecule has 0 aliphatic rings. The number of nitrogens with zero attached hydrogens (tertiary/aromatic N) is 1. The molecule has 5 nitrogen and oxygen atoms in total. The van der Waals surface area contributed by atoms with Gasteiger partial charge in [-0.15, -0.1) is 0 Å². The lowest BCUT2D eigenvalue weighted by Gasteiger charge is -2.09. The summed E-state index contributed by atoms with van der Waals surface area (Å²) in [6.45, 7) is 3.56. The third-order valence-electron chi connectivity index (χ3n) is 2.59. The Morgan fingerprint density at radius 2 is 1.88 bits per heavy atom. The van der Waals surface area contributed by atoms with E-state index in [-0.39, 0.29) is 17.4 Å². The van der Waals surface area contributed by atoms with Gasteiger partial charge < -0.3 is 20.5 Å².